The Hall–Kier alpha value is -1.72. The maximum absolute atomic E-state index is 12.7. The van der Waals surface area contributed by atoms with Crippen LogP contribution >= 0.6 is 11.3 Å². The topological polar surface area (TPSA) is 45.2 Å². The number of carbonyl (C=O) groups is 1. The number of amides is 1. The third-order valence-corrected chi connectivity index (χ3v) is 5.19. The molecule has 0 spiro atoms. The first-order chi connectivity index (χ1) is 10.3. The van der Waals surface area contributed by atoms with Crippen LogP contribution in [0.1, 0.15) is 39.9 Å². The highest BCUT2D eigenvalue weighted by Crippen LogP contribution is 2.30. The first-order valence-corrected chi connectivity index (χ1v) is 8.29. The van der Waals surface area contributed by atoms with E-state index in [2.05, 4.69) is 16.4 Å². The predicted molar refractivity (Wildman–Crippen MR) is 83.9 cm³/mol. The summed E-state index contributed by atoms with van der Waals surface area (Å²) in [5, 5.41) is 6.38. The van der Waals surface area contributed by atoms with Gasteiger partial charge >= 0.3 is 0 Å². The van der Waals surface area contributed by atoms with Gasteiger partial charge in [0.15, 0.2) is 0 Å². The molecule has 2 aliphatic heterocycles. The molecule has 1 saturated heterocycles. The summed E-state index contributed by atoms with van der Waals surface area (Å²) < 4.78 is 0. The van der Waals surface area contributed by atoms with Crippen LogP contribution in [0.25, 0.3) is 0 Å². The molecule has 3 heterocycles. The Morgan fingerprint density at radius 2 is 2.29 bits per heavy atom. The monoisotopic (exact) mass is 299 g/mol. The molecule has 1 aromatic carbocycles. The second-order valence-electron chi connectivity index (χ2n) is 5.56. The van der Waals surface area contributed by atoms with Crippen LogP contribution in [-0.2, 0) is 6.42 Å². The van der Waals surface area contributed by atoms with Crippen molar-refractivity contribution in [3.05, 3.63) is 45.9 Å². The molecule has 2 aromatic rings. The quantitative estimate of drug-likeness (QED) is 0.927. The Kier molecular flexibility index (Phi) is 3.24. The molecule has 1 N–H and O–H groups in total. The van der Waals surface area contributed by atoms with Crippen LogP contribution in [0.3, 0.4) is 0 Å². The van der Waals surface area contributed by atoms with E-state index >= 15 is 0 Å². The van der Waals surface area contributed by atoms with Gasteiger partial charge in [-0.15, -0.1) is 11.3 Å². The highest BCUT2D eigenvalue weighted by molar-refractivity contribution is 7.09. The summed E-state index contributed by atoms with van der Waals surface area (Å²) in [5.41, 5.74) is 2.87. The molecule has 1 aromatic heterocycles. The molecule has 21 heavy (non-hydrogen) atoms. The molecule has 1 amide bonds. The lowest BCUT2D eigenvalue weighted by molar-refractivity contribution is 0.0985. The minimum atomic E-state index is 0.0282. The van der Waals surface area contributed by atoms with Crippen LogP contribution in [0.4, 0.5) is 5.69 Å². The summed E-state index contributed by atoms with van der Waals surface area (Å²) in [6.45, 7) is 1.81. The normalized spacial score (nSPS) is 20.8. The van der Waals surface area contributed by atoms with Gasteiger partial charge in [-0.05, 0) is 37.4 Å². The van der Waals surface area contributed by atoms with Crippen molar-refractivity contribution in [3.63, 3.8) is 0 Å². The zero-order chi connectivity index (χ0) is 14.2. The molecule has 0 saturated carbocycles. The molecule has 0 aliphatic carbocycles. The first-order valence-electron chi connectivity index (χ1n) is 7.41. The van der Waals surface area contributed by atoms with Crippen LogP contribution in [-0.4, -0.2) is 24.0 Å². The zero-order valence-corrected chi connectivity index (χ0v) is 12.5. The van der Waals surface area contributed by atoms with E-state index in [4.69, 9.17) is 0 Å². The Bertz CT molecular complexity index is 676. The van der Waals surface area contributed by atoms with Crippen molar-refractivity contribution in [2.45, 2.75) is 25.3 Å². The second kappa shape index (κ2) is 5.24. The predicted octanol–water partition coefficient (Wildman–Crippen LogP) is 2.77. The fourth-order valence-corrected chi connectivity index (χ4v) is 4.03. The standard InChI is InChI=1S/C16H17N3OS/c20-16(19-9-7-11-4-1-2-6-14(11)19)13-10-21-15(18-13)12-5-3-8-17-12/h1-2,4,6,10,12,17H,3,5,7-9H2. The van der Waals surface area contributed by atoms with Gasteiger partial charge in [-0.3, -0.25) is 4.79 Å². The number of thiazole rings is 1. The average molecular weight is 299 g/mol. The van der Waals surface area contributed by atoms with Crippen LogP contribution in [0.5, 0.6) is 0 Å². The summed E-state index contributed by atoms with van der Waals surface area (Å²) in [4.78, 5) is 19.1. The summed E-state index contributed by atoms with van der Waals surface area (Å²) in [7, 11) is 0. The Morgan fingerprint density at radius 3 is 3.14 bits per heavy atom. The van der Waals surface area contributed by atoms with Crippen LogP contribution in [0.15, 0.2) is 29.6 Å². The van der Waals surface area contributed by atoms with Crippen LogP contribution < -0.4 is 10.2 Å². The molecule has 1 unspecified atom stereocenters. The molecular weight excluding hydrogens is 282 g/mol. The number of nitrogens with one attached hydrogen (secondary N) is 1. The lowest BCUT2D eigenvalue weighted by atomic mass is 10.2. The van der Waals surface area contributed by atoms with Gasteiger partial charge in [0, 0.05) is 17.6 Å². The number of aromatic nitrogens is 1. The fourth-order valence-electron chi connectivity index (χ4n) is 3.13. The highest BCUT2D eigenvalue weighted by Gasteiger charge is 2.28. The molecule has 0 bridgehead atoms. The van der Waals surface area contributed by atoms with Crippen molar-refractivity contribution in [1.82, 2.24) is 10.3 Å². The first kappa shape index (κ1) is 13.0. The molecule has 4 rings (SSSR count). The Balaban J connectivity index is 1.58. The number of carbonyl (C=O) groups excluding carboxylic acids is 1. The summed E-state index contributed by atoms with van der Waals surface area (Å²) in [6.07, 6.45) is 3.24. The number of para-hydroxylation sites is 1. The Labute approximate surface area is 127 Å². The largest absolute Gasteiger partial charge is 0.308 e. The van der Waals surface area contributed by atoms with Crippen molar-refractivity contribution in [3.8, 4) is 0 Å². The number of hydrogen-bond acceptors (Lipinski definition) is 4. The number of benzene rings is 1. The third kappa shape index (κ3) is 2.26. The van der Waals surface area contributed by atoms with Gasteiger partial charge < -0.3 is 10.2 Å². The highest BCUT2D eigenvalue weighted by atomic mass is 32.1. The lowest BCUT2D eigenvalue weighted by Crippen LogP contribution is -2.29. The maximum atomic E-state index is 12.7. The molecule has 108 valence electrons. The lowest BCUT2D eigenvalue weighted by Gasteiger charge is -2.15. The molecule has 4 nitrogen and oxygen atoms in total. The fraction of sp³-hybridized carbons (Fsp3) is 0.375. The van der Waals surface area contributed by atoms with Gasteiger partial charge in [-0.2, -0.15) is 0 Å². The van der Waals surface area contributed by atoms with E-state index in [1.807, 2.05) is 28.5 Å². The smallest absolute Gasteiger partial charge is 0.277 e. The van der Waals surface area contributed by atoms with E-state index in [0.29, 0.717) is 11.7 Å². The molecule has 1 atom stereocenters. The number of anilines is 1. The van der Waals surface area contributed by atoms with Crippen molar-refractivity contribution >= 4 is 22.9 Å². The van der Waals surface area contributed by atoms with Gasteiger partial charge in [0.2, 0.25) is 0 Å². The van der Waals surface area contributed by atoms with E-state index in [1.54, 1.807) is 11.3 Å². The van der Waals surface area contributed by atoms with E-state index in [9.17, 15) is 4.79 Å². The van der Waals surface area contributed by atoms with E-state index in [0.717, 1.165) is 36.6 Å². The molecule has 5 heteroatoms. The van der Waals surface area contributed by atoms with Crippen molar-refractivity contribution < 1.29 is 4.79 Å². The minimum absolute atomic E-state index is 0.0282. The second-order valence-corrected chi connectivity index (χ2v) is 6.45. The number of nitrogens with zero attached hydrogens (tertiary/aromatic N) is 2. The Morgan fingerprint density at radius 1 is 1.38 bits per heavy atom. The number of hydrogen-bond donors (Lipinski definition) is 1. The van der Waals surface area contributed by atoms with Gasteiger partial charge in [0.25, 0.3) is 5.91 Å². The molecular formula is C16H17N3OS. The van der Waals surface area contributed by atoms with Crippen molar-refractivity contribution in [2.24, 2.45) is 0 Å². The molecule has 0 radical (unpaired) electrons. The van der Waals surface area contributed by atoms with E-state index in [-0.39, 0.29) is 5.91 Å². The molecule has 1 fully saturated rings. The van der Waals surface area contributed by atoms with Crippen molar-refractivity contribution in [1.29, 1.82) is 0 Å². The van der Waals surface area contributed by atoms with Crippen LogP contribution in [0.2, 0.25) is 0 Å². The van der Waals surface area contributed by atoms with Gasteiger partial charge in [0.05, 0.1) is 6.04 Å². The third-order valence-electron chi connectivity index (χ3n) is 4.23. The number of fused-ring (bicyclic) bond motifs is 1. The number of rotatable bonds is 2. The van der Waals surface area contributed by atoms with Crippen molar-refractivity contribution in [2.75, 3.05) is 18.0 Å². The van der Waals surface area contributed by atoms with Gasteiger partial charge in [-0.1, -0.05) is 18.2 Å². The van der Waals surface area contributed by atoms with Crippen LogP contribution in [0, 0.1) is 0 Å². The summed E-state index contributed by atoms with van der Waals surface area (Å²) in [6, 6.07) is 8.46. The summed E-state index contributed by atoms with van der Waals surface area (Å²) >= 11 is 1.59. The summed E-state index contributed by atoms with van der Waals surface area (Å²) in [5.74, 6) is 0.0282. The van der Waals surface area contributed by atoms with E-state index in [1.165, 1.54) is 12.0 Å². The minimum Gasteiger partial charge on any atom is -0.308 e. The average Bonchev–Trinajstić information content (AvgIpc) is 3.25. The molecule has 2 aliphatic rings. The zero-order valence-electron chi connectivity index (χ0n) is 11.7. The maximum Gasteiger partial charge on any atom is 0.277 e. The van der Waals surface area contributed by atoms with Gasteiger partial charge in [-0.25, -0.2) is 4.98 Å². The van der Waals surface area contributed by atoms with E-state index < -0.39 is 0 Å². The van der Waals surface area contributed by atoms with Gasteiger partial charge in [0.1, 0.15) is 10.7 Å². The SMILES string of the molecule is O=C(c1csc(C2CCCN2)n1)N1CCc2ccccc21.